The van der Waals surface area contributed by atoms with Crippen molar-refractivity contribution < 1.29 is 4.79 Å². The number of thioether (sulfide) groups is 1. The zero-order valence-corrected chi connectivity index (χ0v) is 17.5. The number of aromatic nitrogens is 2. The van der Waals surface area contributed by atoms with E-state index in [2.05, 4.69) is 27.5 Å². The van der Waals surface area contributed by atoms with Crippen molar-refractivity contribution in [3.05, 3.63) is 77.3 Å². The average Bonchev–Trinajstić information content (AvgIpc) is 3.16. The summed E-state index contributed by atoms with van der Waals surface area (Å²) in [6.45, 7) is 2.54. The zero-order chi connectivity index (χ0) is 20.1. The molecule has 2 N–H and O–H groups in total. The molecule has 7 heteroatoms. The van der Waals surface area contributed by atoms with Crippen molar-refractivity contribution in [1.29, 1.82) is 0 Å². The van der Waals surface area contributed by atoms with E-state index in [1.807, 2.05) is 60.7 Å². The van der Waals surface area contributed by atoms with Gasteiger partial charge in [0.15, 0.2) is 5.13 Å². The summed E-state index contributed by atoms with van der Waals surface area (Å²) in [6, 6.07) is 19.8. The molecular weight excluding hydrogens is 400 g/mol. The lowest BCUT2D eigenvalue weighted by Gasteiger charge is -2.06. The summed E-state index contributed by atoms with van der Waals surface area (Å²) in [6.07, 6.45) is 1.77. The Bertz CT molecular complexity index is 1120. The first kappa shape index (κ1) is 19.4. The van der Waals surface area contributed by atoms with Gasteiger partial charge in [-0.1, -0.05) is 66.8 Å². The number of rotatable bonds is 7. The van der Waals surface area contributed by atoms with Gasteiger partial charge in [0.05, 0.1) is 11.2 Å². The molecule has 0 aliphatic carbocycles. The van der Waals surface area contributed by atoms with E-state index in [0.717, 1.165) is 32.9 Å². The monoisotopic (exact) mass is 420 g/mol. The number of hydrogen-bond donors (Lipinski definition) is 2. The largest absolute Gasteiger partial charge is 0.347 e. The van der Waals surface area contributed by atoms with E-state index in [1.54, 1.807) is 18.0 Å². The fourth-order valence-corrected chi connectivity index (χ4v) is 4.72. The summed E-state index contributed by atoms with van der Waals surface area (Å²) in [7, 11) is 0. The quantitative estimate of drug-likeness (QED) is 0.388. The number of benzene rings is 2. The van der Waals surface area contributed by atoms with E-state index < -0.39 is 0 Å². The normalized spacial score (nSPS) is 10.8. The molecule has 0 saturated heterocycles. The van der Waals surface area contributed by atoms with Crippen molar-refractivity contribution in [2.24, 2.45) is 0 Å². The molecule has 0 aliphatic rings. The molecule has 0 bridgehead atoms. The molecule has 4 rings (SSSR count). The first-order chi connectivity index (χ1) is 14.2. The Kier molecular flexibility index (Phi) is 6.07. The number of thiazole rings is 1. The number of nitrogens with one attached hydrogen (secondary N) is 2. The Morgan fingerprint density at radius 1 is 1.07 bits per heavy atom. The first-order valence-corrected chi connectivity index (χ1v) is 11.1. The molecule has 0 saturated carbocycles. The first-order valence-electron chi connectivity index (χ1n) is 9.31. The third-order valence-corrected chi connectivity index (χ3v) is 6.21. The summed E-state index contributed by atoms with van der Waals surface area (Å²) in [4.78, 5) is 22.6. The molecule has 5 nitrogen and oxygen atoms in total. The summed E-state index contributed by atoms with van der Waals surface area (Å²) in [5, 5.41) is 8.83. The molecule has 2 aromatic carbocycles. The number of anilines is 2. The van der Waals surface area contributed by atoms with Crippen LogP contribution in [0.3, 0.4) is 0 Å². The summed E-state index contributed by atoms with van der Waals surface area (Å²) >= 11 is 2.93. The number of para-hydroxylation sites is 1. The average molecular weight is 421 g/mol. The van der Waals surface area contributed by atoms with Crippen LogP contribution in [-0.2, 0) is 6.54 Å². The van der Waals surface area contributed by atoms with Gasteiger partial charge in [-0.3, -0.25) is 9.78 Å². The lowest BCUT2D eigenvalue weighted by molar-refractivity contribution is 0.0952. The number of fused-ring (bicyclic) bond motifs is 1. The van der Waals surface area contributed by atoms with Crippen LogP contribution < -0.4 is 10.6 Å². The van der Waals surface area contributed by atoms with Crippen LogP contribution in [0.4, 0.5) is 10.8 Å². The van der Waals surface area contributed by atoms with Crippen LogP contribution >= 0.6 is 23.1 Å². The van der Waals surface area contributed by atoms with Gasteiger partial charge in [-0.15, -0.1) is 11.8 Å². The Morgan fingerprint density at radius 3 is 2.72 bits per heavy atom. The lowest BCUT2D eigenvalue weighted by atomic mass is 10.2. The standard InChI is InChI=1S/C22H20N4OS2/c1-2-28-21-19(20(27)24-14-15-8-4-3-5-9-15)29-22(26-21)25-17-12-6-10-16-11-7-13-23-18(16)17/h3-13H,2,14H2,1H3,(H,24,27)(H,25,26). The van der Waals surface area contributed by atoms with Crippen molar-refractivity contribution in [2.75, 3.05) is 11.1 Å². The number of pyridine rings is 1. The highest BCUT2D eigenvalue weighted by Crippen LogP contribution is 2.33. The molecule has 2 heterocycles. The van der Waals surface area contributed by atoms with E-state index in [9.17, 15) is 4.79 Å². The topological polar surface area (TPSA) is 66.9 Å². The van der Waals surface area contributed by atoms with Gasteiger partial charge in [-0.2, -0.15) is 0 Å². The molecule has 0 fully saturated rings. The van der Waals surface area contributed by atoms with Gasteiger partial charge in [-0.25, -0.2) is 4.98 Å². The molecular formula is C22H20N4OS2. The van der Waals surface area contributed by atoms with E-state index in [1.165, 1.54) is 11.3 Å². The molecule has 0 spiro atoms. The fraction of sp³-hybridized carbons (Fsp3) is 0.136. The molecule has 0 radical (unpaired) electrons. The van der Waals surface area contributed by atoms with E-state index in [-0.39, 0.29) is 5.91 Å². The zero-order valence-electron chi connectivity index (χ0n) is 15.9. The summed E-state index contributed by atoms with van der Waals surface area (Å²) in [5.74, 6) is 0.740. The van der Waals surface area contributed by atoms with E-state index in [4.69, 9.17) is 0 Å². The number of carbonyl (C=O) groups excluding carboxylic acids is 1. The third-order valence-electron chi connectivity index (χ3n) is 4.25. The molecule has 4 aromatic rings. The Labute approximate surface area is 177 Å². The minimum absolute atomic E-state index is 0.105. The summed E-state index contributed by atoms with van der Waals surface area (Å²) in [5.41, 5.74) is 2.82. The second kappa shape index (κ2) is 9.07. The van der Waals surface area contributed by atoms with Crippen LogP contribution in [-0.4, -0.2) is 21.6 Å². The van der Waals surface area contributed by atoms with Crippen molar-refractivity contribution in [2.45, 2.75) is 18.5 Å². The maximum atomic E-state index is 12.8. The number of nitrogens with zero attached hydrogens (tertiary/aromatic N) is 2. The minimum Gasteiger partial charge on any atom is -0.347 e. The van der Waals surface area contributed by atoms with Crippen LogP contribution in [0, 0.1) is 0 Å². The van der Waals surface area contributed by atoms with Crippen LogP contribution in [0.5, 0.6) is 0 Å². The predicted molar refractivity (Wildman–Crippen MR) is 121 cm³/mol. The van der Waals surface area contributed by atoms with Crippen LogP contribution in [0.1, 0.15) is 22.2 Å². The van der Waals surface area contributed by atoms with Crippen LogP contribution in [0.25, 0.3) is 10.9 Å². The van der Waals surface area contributed by atoms with Gasteiger partial charge >= 0.3 is 0 Å². The van der Waals surface area contributed by atoms with Gasteiger partial charge in [0.25, 0.3) is 5.91 Å². The highest BCUT2D eigenvalue weighted by molar-refractivity contribution is 7.99. The van der Waals surface area contributed by atoms with Gasteiger partial charge in [-0.05, 0) is 23.4 Å². The molecule has 0 atom stereocenters. The molecule has 29 heavy (non-hydrogen) atoms. The Hall–Kier alpha value is -2.90. The highest BCUT2D eigenvalue weighted by atomic mass is 32.2. The van der Waals surface area contributed by atoms with Crippen LogP contribution in [0.15, 0.2) is 71.9 Å². The second-order valence-electron chi connectivity index (χ2n) is 6.26. The molecule has 0 unspecified atom stereocenters. The Balaban J connectivity index is 1.56. The van der Waals surface area contributed by atoms with Crippen molar-refractivity contribution >= 4 is 50.7 Å². The molecule has 2 aromatic heterocycles. The van der Waals surface area contributed by atoms with E-state index in [0.29, 0.717) is 16.6 Å². The number of carbonyl (C=O) groups is 1. The fourth-order valence-electron chi connectivity index (χ4n) is 2.92. The SMILES string of the molecule is CCSc1nc(Nc2cccc3cccnc23)sc1C(=O)NCc1ccccc1. The van der Waals surface area contributed by atoms with Crippen molar-refractivity contribution in [3.63, 3.8) is 0 Å². The second-order valence-corrected chi connectivity index (χ2v) is 8.51. The number of hydrogen-bond acceptors (Lipinski definition) is 6. The molecule has 146 valence electrons. The van der Waals surface area contributed by atoms with Crippen LogP contribution in [0.2, 0.25) is 0 Å². The van der Waals surface area contributed by atoms with Gasteiger partial charge < -0.3 is 10.6 Å². The van der Waals surface area contributed by atoms with Gasteiger partial charge in [0, 0.05) is 18.1 Å². The maximum Gasteiger partial charge on any atom is 0.264 e. The number of amides is 1. The Morgan fingerprint density at radius 2 is 1.90 bits per heavy atom. The smallest absolute Gasteiger partial charge is 0.264 e. The predicted octanol–water partition coefficient (Wildman–Crippen LogP) is 5.48. The third kappa shape index (κ3) is 4.58. The molecule has 1 amide bonds. The van der Waals surface area contributed by atoms with Gasteiger partial charge in [0.1, 0.15) is 9.90 Å². The van der Waals surface area contributed by atoms with Crippen molar-refractivity contribution in [1.82, 2.24) is 15.3 Å². The maximum absolute atomic E-state index is 12.8. The highest BCUT2D eigenvalue weighted by Gasteiger charge is 2.19. The van der Waals surface area contributed by atoms with Gasteiger partial charge in [0.2, 0.25) is 0 Å². The van der Waals surface area contributed by atoms with Crippen molar-refractivity contribution in [3.8, 4) is 0 Å². The lowest BCUT2D eigenvalue weighted by Crippen LogP contribution is -2.22. The minimum atomic E-state index is -0.105. The summed E-state index contributed by atoms with van der Waals surface area (Å²) < 4.78 is 0. The molecule has 0 aliphatic heterocycles. The van der Waals surface area contributed by atoms with E-state index >= 15 is 0 Å².